The number of hydrogen-bond donors (Lipinski definition) is 2. The Morgan fingerprint density at radius 2 is 1.93 bits per heavy atom. The highest BCUT2D eigenvalue weighted by atomic mass is 16.5. The van der Waals surface area contributed by atoms with Gasteiger partial charge in [0.2, 0.25) is 0 Å². The van der Waals surface area contributed by atoms with Crippen LogP contribution in [0.2, 0.25) is 0 Å². The fourth-order valence-electron chi connectivity index (χ4n) is 9.16. The summed E-state index contributed by atoms with van der Waals surface area (Å²) < 4.78 is 8.41. The van der Waals surface area contributed by atoms with E-state index < -0.39 is 11.0 Å². The van der Waals surface area contributed by atoms with Gasteiger partial charge in [-0.15, -0.1) is 0 Å². The first-order chi connectivity index (χ1) is 22.2. The maximum Gasteiger partial charge on any atom is 0.186 e. The smallest absolute Gasteiger partial charge is 0.186 e. The van der Waals surface area contributed by atoms with Gasteiger partial charge in [-0.05, 0) is 109 Å². The van der Waals surface area contributed by atoms with Gasteiger partial charge >= 0.3 is 0 Å². The zero-order valence-electron chi connectivity index (χ0n) is 27.1. The van der Waals surface area contributed by atoms with Gasteiger partial charge in [-0.25, -0.2) is 14.6 Å². The number of aryl methyl sites for hydroxylation is 1. The van der Waals surface area contributed by atoms with Gasteiger partial charge in [0.1, 0.15) is 11.9 Å². The number of nitriles is 1. The van der Waals surface area contributed by atoms with Gasteiger partial charge in [-0.1, -0.05) is 11.2 Å². The predicted octanol–water partition coefficient (Wildman–Crippen LogP) is 4.90. The second-order valence-electron chi connectivity index (χ2n) is 14.5. The van der Waals surface area contributed by atoms with Gasteiger partial charge in [-0.2, -0.15) is 10.4 Å². The number of anilines is 2. The van der Waals surface area contributed by atoms with E-state index in [-0.39, 0.29) is 6.04 Å². The van der Waals surface area contributed by atoms with Crippen LogP contribution in [0.3, 0.4) is 0 Å². The van der Waals surface area contributed by atoms with Crippen LogP contribution in [0.5, 0.6) is 0 Å². The zero-order valence-corrected chi connectivity index (χ0v) is 27.1. The number of aromatic nitrogens is 5. The van der Waals surface area contributed by atoms with E-state index in [0.717, 1.165) is 105 Å². The lowest BCUT2D eigenvalue weighted by Crippen LogP contribution is -2.46. The highest BCUT2D eigenvalue weighted by molar-refractivity contribution is 5.89. The molecule has 2 aliphatic heterocycles. The van der Waals surface area contributed by atoms with Crippen molar-refractivity contribution < 1.29 is 9.63 Å². The highest BCUT2D eigenvalue weighted by Gasteiger charge is 2.48. The minimum atomic E-state index is -0.806. The summed E-state index contributed by atoms with van der Waals surface area (Å²) >= 11 is 0. The molecule has 0 radical (unpaired) electrons. The molecule has 240 valence electrons. The number of β-amino-alcohol motifs (C(OH)–C–C–N with tert-alkyl or cyclic N) is 1. The molecule has 2 aliphatic carbocycles. The van der Waals surface area contributed by atoms with Crippen LogP contribution >= 0.6 is 0 Å². The molecule has 46 heavy (non-hydrogen) atoms. The number of hydrogen-bond acceptors (Lipinski definition) is 10. The number of nitrogen functional groups attached to an aromatic ring is 1. The van der Waals surface area contributed by atoms with Crippen molar-refractivity contribution in [1.82, 2.24) is 29.8 Å². The first kappa shape index (κ1) is 29.4. The normalized spacial score (nSPS) is 27.1. The standard InChI is InChI=1S/C35H43N9O2/c1-21(27-10-6-16-42(27)3)44-33-25(19-38-44)32(43-17-7-13-34(2,45)20-43)39-31(40-33)29-23-9-5-15-35(30(23)46-41-29)14-4-8-22-11-12-26(37)24(18-36)28(22)35/h11-12,19,21,27,45H,4-10,13-17,20,37H2,1-3H3/t21-,27-,34+,35+/m0/s1. The SMILES string of the molecule is C[C@@H]([C@@H]1CCCN1C)n1ncc2c(N3CCC[C@@](C)(O)C3)nc(-c3noc4c3CCC[C@@]43CCCc4ccc(N)c(C#N)c43)nc21. The number of likely N-dealkylation sites (N-methyl/N-ethyl adjacent to an activating group) is 1. The Morgan fingerprint density at radius 3 is 2.70 bits per heavy atom. The third kappa shape index (κ3) is 4.44. The number of aliphatic hydroxyl groups is 1. The molecule has 1 spiro atoms. The first-order valence-electron chi connectivity index (χ1n) is 16.9. The largest absolute Gasteiger partial charge is 0.398 e. The Morgan fingerprint density at radius 1 is 1.11 bits per heavy atom. The Labute approximate surface area is 269 Å². The number of nitrogens with two attached hydrogens (primary N) is 1. The summed E-state index contributed by atoms with van der Waals surface area (Å²) in [4.78, 5) is 15.0. The van der Waals surface area contributed by atoms with Crippen LogP contribution in [0.4, 0.5) is 11.5 Å². The maximum atomic E-state index is 11.1. The molecule has 11 heteroatoms. The molecule has 3 N–H and O–H groups in total. The molecule has 3 aromatic heterocycles. The van der Waals surface area contributed by atoms with Crippen LogP contribution in [-0.2, 0) is 18.3 Å². The van der Waals surface area contributed by atoms with E-state index in [1.807, 2.05) is 19.2 Å². The van der Waals surface area contributed by atoms with Gasteiger partial charge in [-0.3, -0.25) is 0 Å². The first-order valence-corrected chi connectivity index (χ1v) is 16.9. The van der Waals surface area contributed by atoms with Crippen LogP contribution in [0.1, 0.15) is 99.3 Å². The summed E-state index contributed by atoms with van der Waals surface area (Å²) in [6, 6.07) is 6.86. The minimum absolute atomic E-state index is 0.119. The molecule has 4 aromatic rings. The molecule has 8 rings (SSSR count). The summed E-state index contributed by atoms with van der Waals surface area (Å²) in [5, 5.41) is 31.8. The summed E-state index contributed by atoms with van der Waals surface area (Å²) in [5.41, 5.74) is 10.9. The van der Waals surface area contributed by atoms with Crippen LogP contribution in [0.15, 0.2) is 22.9 Å². The molecule has 0 unspecified atom stereocenters. The summed E-state index contributed by atoms with van der Waals surface area (Å²) in [6.07, 6.45) is 11.2. The lowest BCUT2D eigenvalue weighted by Gasteiger charge is -2.41. The Kier molecular flexibility index (Phi) is 6.89. The number of piperidine rings is 1. The lowest BCUT2D eigenvalue weighted by atomic mass is 9.61. The van der Waals surface area contributed by atoms with E-state index in [2.05, 4.69) is 40.6 Å². The van der Waals surface area contributed by atoms with Crippen molar-refractivity contribution in [3.05, 3.63) is 46.3 Å². The van der Waals surface area contributed by atoms with E-state index in [4.69, 9.17) is 30.5 Å². The van der Waals surface area contributed by atoms with Crippen molar-refractivity contribution in [3.63, 3.8) is 0 Å². The Hall–Kier alpha value is -4.01. The average molecular weight is 622 g/mol. The molecule has 4 atom stereocenters. The van der Waals surface area contributed by atoms with Crippen LogP contribution < -0.4 is 10.6 Å². The van der Waals surface area contributed by atoms with Crippen molar-refractivity contribution in [1.29, 1.82) is 5.26 Å². The van der Waals surface area contributed by atoms with Crippen molar-refractivity contribution in [3.8, 4) is 17.6 Å². The number of rotatable bonds is 4. The molecular weight excluding hydrogens is 578 g/mol. The minimum Gasteiger partial charge on any atom is -0.398 e. The molecule has 2 saturated heterocycles. The molecule has 11 nitrogen and oxygen atoms in total. The fourth-order valence-corrected chi connectivity index (χ4v) is 9.16. The zero-order chi connectivity index (χ0) is 31.8. The molecular formula is C35H43N9O2. The number of benzene rings is 1. The molecule has 0 bridgehead atoms. The fraction of sp³-hybridized carbons (Fsp3) is 0.571. The Balaban J connectivity index is 1.30. The summed E-state index contributed by atoms with van der Waals surface area (Å²) in [6.45, 7) is 6.49. The van der Waals surface area contributed by atoms with Gasteiger partial charge in [0.15, 0.2) is 22.9 Å². The molecule has 4 aliphatic rings. The summed E-state index contributed by atoms with van der Waals surface area (Å²) in [7, 11) is 2.19. The topological polar surface area (TPSA) is 146 Å². The number of likely N-dealkylation sites (tertiary alicyclic amines) is 1. The second-order valence-corrected chi connectivity index (χ2v) is 14.5. The van der Waals surface area contributed by atoms with Crippen LogP contribution in [0, 0.1) is 11.3 Å². The third-order valence-electron chi connectivity index (χ3n) is 11.4. The highest BCUT2D eigenvalue weighted by Crippen LogP contribution is 2.53. The van der Waals surface area contributed by atoms with Crippen molar-refractivity contribution in [2.75, 3.05) is 37.3 Å². The Bertz CT molecular complexity index is 1870. The molecule has 1 aromatic carbocycles. The maximum absolute atomic E-state index is 11.1. The predicted molar refractivity (Wildman–Crippen MR) is 175 cm³/mol. The van der Waals surface area contributed by atoms with Gasteiger partial charge in [0.05, 0.1) is 34.2 Å². The van der Waals surface area contributed by atoms with Crippen LogP contribution in [0.25, 0.3) is 22.6 Å². The number of nitrogens with zero attached hydrogens (tertiary/aromatic N) is 8. The lowest BCUT2D eigenvalue weighted by molar-refractivity contribution is 0.0448. The quantitative estimate of drug-likeness (QED) is 0.302. The van der Waals surface area contributed by atoms with Crippen molar-refractivity contribution in [2.45, 2.75) is 101 Å². The second kappa shape index (κ2) is 10.8. The van der Waals surface area contributed by atoms with E-state index in [9.17, 15) is 10.4 Å². The third-order valence-corrected chi connectivity index (χ3v) is 11.4. The van der Waals surface area contributed by atoms with Crippen LogP contribution in [-0.4, -0.2) is 73.2 Å². The number of fused-ring (bicyclic) bond motifs is 5. The van der Waals surface area contributed by atoms with E-state index in [1.54, 1.807) is 0 Å². The monoisotopic (exact) mass is 621 g/mol. The molecule has 0 amide bonds. The van der Waals surface area contributed by atoms with E-state index in [1.165, 1.54) is 12.0 Å². The molecule has 5 heterocycles. The van der Waals surface area contributed by atoms with Crippen molar-refractivity contribution >= 4 is 22.5 Å². The van der Waals surface area contributed by atoms with Gasteiger partial charge in [0.25, 0.3) is 0 Å². The van der Waals surface area contributed by atoms with Gasteiger partial charge < -0.3 is 25.2 Å². The van der Waals surface area contributed by atoms with Crippen molar-refractivity contribution in [2.24, 2.45) is 0 Å². The summed E-state index contributed by atoms with van der Waals surface area (Å²) in [5.74, 6) is 2.13. The average Bonchev–Trinajstić information content (AvgIpc) is 3.79. The van der Waals surface area contributed by atoms with E-state index >= 15 is 0 Å². The molecule has 2 fully saturated rings. The molecule has 0 saturated carbocycles. The van der Waals surface area contributed by atoms with Gasteiger partial charge in [0, 0.05) is 30.4 Å². The van der Waals surface area contributed by atoms with E-state index in [0.29, 0.717) is 35.4 Å².